The lowest BCUT2D eigenvalue weighted by molar-refractivity contribution is 0.738. The van der Waals surface area contributed by atoms with Gasteiger partial charge in [0.2, 0.25) is 0 Å². The molecule has 0 saturated heterocycles. The van der Waals surface area contributed by atoms with E-state index in [1.54, 1.807) is 0 Å². The Labute approximate surface area is 126 Å². The number of benzene rings is 2. The van der Waals surface area contributed by atoms with E-state index in [1.165, 1.54) is 5.56 Å². The van der Waals surface area contributed by atoms with Crippen LogP contribution in [0.5, 0.6) is 0 Å². The van der Waals surface area contributed by atoms with Gasteiger partial charge in [0.05, 0.1) is 6.54 Å². The number of hydrogen-bond acceptors (Lipinski definition) is 2. The largest absolute Gasteiger partial charge is 0.370 e. The zero-order valence-corrected chi connectivity index (χ0v) is 12.4. The maximum Gasteiger partial charge on any atom is 0.186 e. The lowest BCUT2D eigenvalue weighted by atomic mass is 10.1. The smallest absolute Gasteiger partial charge is 0.186 e. The molecule has 1 unspecified atom stereocenters. The van der Waals surface area contributed by atoms with Gasteiger partial charge >= 0.3 is 0 Å². The van der Waals surface area contributed by atoms with Crippen LogP contribution in [0, 0.1) is 0 Å². The Balaban J connectivity index is 0.000000211. The molecule has 0 aliphatic carbocycles. The van der Waals surface area contributed by atoms with Crippen molar-refractivity contribution in [2.24, 2.45) is 22.2 Å². The minimum atomic E-state index is 0.133. The number of guanidine groups is 1. The van der Waals surface area contributed by atoms with Crippen molar-refractivity contribution in [2.75, 3.05) is 0 Å². The number of aliphatic imine (C=N–C) groups is 1. The van der Waals surface area contributed by atoms with Crippen molar-refractivity contribution >= 4 is 5.96 Å². The van der Waals surface area contributed by atoms with E-state index in [4.69, 9.17) is 17.2 Å². The molecule has 2 aromatic carbocycles. The van der Waals surface area contributed by atoms with Gasteiger partial charge in [0.25, 0.3) is 0 Å². The molecular formula is C17H24N4. The Morgan fingerprint density at radius 2 is 1.38 bits per heavy atom. The third-order valence-corrected chi connectivity index (χ3v) is 2.69. The predicted octanol–water partition coefficient (Wildman–Crippen LogP) is 2.04. The Bertz CT molecular complexity index is 517. The van der Waals surface area contributed by atoms with Crippen molar-refractivity contribution in [3.8, 4) is 0 Å². The molecule has 0 heterocycles. The predicted molar refractivity (Wildman–Crippen MR) is 89.8 cm³/mol. The molecule has 1 atom stereocenters. The average molecular weight is 284 g/mol. The molecule has 0 fully saturated rings. The SMILES string of the molecule is CC(N)Cc1ccccc1.NC(N)=NCc1ccccc1. The molecule has 0 spiro atoms. The lowest BCUT2D eigenvalue weighted by Crippen LogP contribution is -2.22. The van der Waals surface area contributed by atoms with Crippen molar-refractivity contribution in [2.45, 2.75) is 25.9 Å². The molecule has 0 saturated carbocycles. The Morgan fingerprint density at radius 1 is 0.905 bits per heavy atom. The summed E-state index contributed by atoms with van der Waals surface area (Å²) in [5.41, 5.74) is 18.4. The summed E-state index contributed by atoms with van der Waals surface area (Å²) in [5.74, 6) is 0.133. The van der Waals surface area contributed by atoms with E-state index in [9.17, 15) is 0 Å². The monoisotopic (exact) mass is 284 g/mol. The van der Waals surface area contributed by atoms with Crippen LogP contribution in [0.15, 0.2) is 65.7 Å². The van der Waals surface area contributed by atoms with Gasteiger partial charge in [-0.25, -0.2) is 4.99 Å². The summed E-state index contributed by atoms with van der Waals surface area (Å²) in [5, 5.41) is 0. The van der Waals surface area contributed by atoms with E-state index in [0.717, 1.165) is 12.0 Å². The molecule has 2 aromatic rings. The molecule has 0 aliphatic rings. The van der Waals surface area contributed by atoms with E-state index in [2.05, 4.69) is 17.1 Å². The van der Waals surface area contributed by atoms with Gasteiger partial charge < -0.3 is 17.2 Å². The summed E-state index contributed by atoms with van der Waals surface area (Å²) in [6.45, 7) is 2.58. The highest BCUT2D eigenvalue weighted by atomic mass is 15.0. The summed E-state index contributed by atoms with van der Waals surface area (Å²) in [6.07, 6.45) is 0.973. The number of rotatable bonds is 4. The van der Waals surface area contributed by atoms with Crippen LogP contribution >= 0.6 is 0 Å². The first kappa shape index (κ1) is 16.7. The summed E-state index contributed by atoms with van der Waals surface area (Å²) >= 11 is 0. The average Bonchev–Trinajstić information content (AvgIpc) is 2.47. The van der Waals surface area contributed by atoms with Crippen molar-refractivity contribution in [3.63, 3.8) is 0 Å². The Kier molecular flexibility index (Phi) is 7.61. The van der Waals surface area contributed by atoms with Gasteiger partial charge in [0.15, 0.2) is 5.96 Å². The molecule has 0 aromatic heterocycles. The highest BCUT2D eigenvalue weighted by molar-refractivity contribution is 5.75. The van der Waals surface area contributed by atoms with Crippen molar-refractivity contribution < 1.29 is 0 Å². The minimum Gasteiger partial charge on any atom is -0.370 e. The van der Waals surface area contributed by atoms with Gasteiger partial charge in [0.1, 0.15) is 0 Å². The van der Waals surface area contributed by atoms with E-state index < -0.39 is 0 Å². The van der Waals surface area contributed by atoms with Gasteiger partial charge in [-0.1, -0.05) is 60.7 Å². The topological polar surface area (TPSA) is 90.4 Å². The maximum atomic E-state index is 5.62. The van der Waals surface area contributed by atoms with Gasteiger partial charge in [-0.05, 0) is 24.5 Å². The van der Waals surface area contributed by atoms with Crippen LogP contribution < -0.4 is 17.2 Å². The van der Waals surface area contributed by atoms with E-state index >= 15 is 0 Å². The van der Waals surface area contributed by atoms with E-state index in [1.807, 2.05) is 55.5 Å². The van der Waals surface area contributed by atoms with Crippen molar-refractivity contribution in [1.82, 2.24) is 0 Å². The first-order chi connectivity index (χ1) is 10.1. The van der Waals surface area contributed by atoms with Crippen molar-refractivity contribution in [1.29, 1.82) is 0 Å². The maximum absolute atomic E-state index is 5.62. The summed E-state index contributed by atoms with van der Waals surface area (Å²) < 4.78 is 0. The number of nitrogens with zero attached hydrogens (tertiary/aromatic N) is 1. The molecule has 2 rings (SSSR count). The third-order valence-electron chi connectivity index (χ3n) is 2.69. The highest BCUT2D eigenvalue weighted by Crippen LogP contribution is 2.00. The highest BCUT2D eigenvalue weighted by Gasteiger charge is 1.94. The molecule has 0 bridgehead atoms. The molecule has 0 amide bonds. The summed E-state index contributed by atoms with van der Waals surface area (Å²) in [7, 11) is 0. The van der Waals surface area contributed by atoms with Crippen LogP contribution in [0.25, 0.3) is 0 Å². The third kappa shape index (κ3) is 8.44. The van der Waals surface area contributed by atoms with Crippen LogP contribution in [0.2, 0.25) is 0 Å². The van der Waals surface area contributed by atoms with Crippen LogP contribution in [-0.4, -0.2) is 12.0 Å². The molecule has 0 radical (unpaired) electrons. The zero-order valence-electron chi connectivity index (χ0n) is 12.4. The van der Waals surface area contributed by atoms with Crippen LogP contribution in [0.3, 0.4) is 0 Å². The van der Waals surface area contributed by atoms with Gasteiger partial charge in [0, 0.05) is 6.04 Å². The van der Waals surface area contributed by atoms with Crippen LogP contribution in [0.1, 0.15) is 18.1 Å². The fourth-order valence-electron chi connectivity index (χ4n) is 1.75. The molecule has 21 heavy (non-hydrogen) atoms. The first-order valence-electron chi connectivity index (χ1n) is 6.96. The quantitative estimate of drug-likeness (QED) is 0.592. The standard InChI is InChI=1S/C9H13N.C8H11N3/c1-8(10)7-9-5-3-2-4-6-9;9-8(10)11-6-7-4-2-1-3-5-7/h2-6,8H,7,10H2,1H3;1-5H,6H2,(H4,9,10,11). The normalized spacial score (nSPS) is 11.0. The fraction of sp³-hybridized carbons (Fsp3) is 0.235. The molecule has 4 heteroatoms. The van der Waals surface area contributed by atoms with E-state index in [0.29, 0.717) is 6.54 Å². The molecule has 0 aliphatic heterocycles. The van der Waals surface area contributed by atoms with Crippen LogP contribution in [-0.2, 0) is 13.0 Å². The van der Waals surface area contributed by atoms with Gasteiger partial charge in [-0.15, -0.1) is 0 Å². The Morgan fingerprint density at radius 3 is 1.81 bits per heavy atom. The van der Waals surface area contributed by atoms with Gasteiger partial charge in [-0.3, -0.25) is 0 Å². The first-order valence-corrected chi connectivity index (χ1v) is 6.96. The van der Waals surface area contributed by atoms with Crippen molar-refractivity contribution in [3.05, 3.63) is 71.8 Å². The Hall–Kier alpha value is -2.33. The summed E-state index contributed by atoms with van der Waals surface area (Å²) in [4.78, 5) is 3.87. The molecule has 4 nitrogen and oxygen atoms in total. The van der Waals surface area contributed by atoms with Gasteiger partial charge in [-0.2, -0.15) is 0 Å². The van der Waals surface area contributed by atoms with E-state index in [-0.39, 0.29) is 12.0 Å². The van der Waals surface area contributed by atoms with Crippen LogP contribution in [0.4, 0.5) is 0 Å². The zero-order chi connectivity index (χ0) is 15.5. The number of nitrogens with two attached hydrogens (primary N) is 3. The molecular weight excluding hydrogens is 260 g/mol. The minimum absolute atomic E-state index is 0.133. The number of hydrogen-bond donors (Lipinski definition) is 3. The second-order valence-electron chi connectivity index (χ2n) is 4.89. The second kappa shape index (κ2) is 9.55. The lowest BCUT2D eigenvalue weighted by Gasteiger charge is -2.02. The summed E-state index contributed by atoms with van der Waals surface area (Å²) in [6, 6.07) is 20.4. The molecule has 112 valence electrons. The second-order valence-corrected chi connectivity index (χ2v) is 4.89. The molecule has 6 N–H and O–H groups in total. The fourth-order valence-corrected chi connectivity index (χ4v) is 1.75.